The summed E-state index contributed by atoms with van der Waals surface area (Å²) in [5.74, 6) is -0.378. The molecule has 1 amide bonds. The zero-order valence-corrected chi connectivity index (χ0v) is 18.0. The quantitative estimate of drug-likeness (QED) is 0.353. The number of benzene rings is 2. The molecule has 0 aliphatic heterocycles. The summed E-state index contributed by atoms with van der Waals surface area (Å²) in [5, 5.41) is 4.58. The Morgan fingerprint density at radius 2 is 1.77 bits per heavy atom. The molecular formula is C22H15Cl2N3O2S. The van der Waals surface area contributed by atoms with Gasteiger partial charge in [-0.2, -0.15) is 0 Å². The van der Waals surface area contributed by atoms with Crippen molar-refractivity contribution in [3.8, 4) is 11.3 Å². The Labute approximate surface area is 186 Å². The minimum Gasteiger partial charge on any atom is -0.397 e. The number of rotatable bonds is 4. The molecule has 3 N–H and O–H groups in total. The van der Waals surface area contributed by atoms with Crippen molar-refractivity contribution < 1.29 is 9.59 Å². The number of nitrogens with one attached hydrogen (secondary N) is 1. The van der Waals surface area contributed by atoms with Crippen LogP contribution in [0.4, 0.5) is 11.4 Å². The molecule has 4 rings (SSSR count). The van der Waals surface area contributed by atoms with Crippen LogP contribution in [0.5, 0.6) is 0 Å². The summed E-state index contributed by atoms with van der Waals surface area (Å²) in [5.41, 5.74) is 9.07. The van der Waals surface area contributed by atoms with Gasteiger partial charge in [0, 0.05) is 27.2 Å². The number of anilines is 2. The highest BCUT2D eigenvalue weighted by Gasteiger charge is 2.18. The summed E-state index contributed by atoms with van der Waals surface area (Å²) in [6.45, 7) is 1.49. The molecule has 150 valence electrons. The van der Waals surface area contributed by atoms with Crippen LogP contribution in [-0.2, 0) is 0 Å². The Morgan fingerprint density at radius 1 is 1.03 bits per heavy atom. The molecule has 30 heavy (non-hydrogen) atoms. The minimum atomic E-state index is -0.339. The van der Waals surface area contributed by atoms with Gasteiger partial charge in [0.15, 0.2) is 5.78 Å². The normalized spacial score (nSPS) is 10.9. The number of hydrogen-bond acceptors (Lipinski definition) is 5. The minimum absolute atomic E-state index is 0.0386. The predicted octanol–water partition coefficient (Wildman–Crippen LogP) is 6.31. The molecule has 0 atom stereocenters. The molecule has 5 nitrogen and oxygen atoms in total. The maximum atomic E-state index is 12.8. The zero-order valence-electron chi connectivity index (χ0n) is 15.7. The van der Waals surface area contributed by atoms with Gasteiger partial charge in [-0.25, -0.2) is 4.98 Å². The van der Waals surface area contributed by atoms with Crippen LogP contribution in [0.3, 0.4) is 0 Å². The molecule has 0 fully saturated rings. The highest BCUT2D eigenvalue weighted by Crippen LogP contribution is 2.36. The van der Waals surface area contributed by atoms with Crippen molar-refractivity contribution >= 4 is 67.8 Å². The van der Waals surface area contributed by atoms with Crippen LogP contribution < -0.4 is 11.1 Å². The van der Waals surface area contributed by atoms with Crippen molar-refractivity contribution in [3.05, 3.63) is 75.1 Å². The lowest BCUT2D eigenvalue weighted by molar-refractivity contribution is 0.101. The van der Waals surface area contributed by atoms with Crippen LogP contribution >= 0.6 is 34.5 Å². The Kier molecular flexibility index (Phi) is 5.47. The van der Waals surface area contributed by atoms with Crippen molar-refractivity contribution in [1.29, 1.82) is 0 Å². The van der Waals surface area contributed by atoms with E-state index in [1.165, 1.54) is 18.3 Å². The van der Waals surface area contributed by atoms with E-state index in [0.717, 1.165) is 0 Å². The number of thiophene rings is 1. The van der Waals surface area contributed by atoms with Crippen molar-refractivity contribution in [2.45, 2.75) is 6.92 Å². The Balaban J connectivity index is 1.66. The molecule has 2 aromatic heterocycles. The summed E-state index contributed by atoms with van der Waals surface area (Å²) >= 11 is 13.6. The SMILES string of the molecule is CC(=O)c1ccc(NC(=O)c2sc3nc(-c4cc(Cl)ccc4Cl)ccc3c2N)cc1. The first-order valence-electron chi connectivity index (χ1n) is 8.90. The van der Waals surface area contributed by atoms with Gasteiger partial charge >= 0.3 is 0 Å². The van der Waals surface area contributed by atoms with Crippen molar-refractivity contribution in [2.75, 3.05) is 11.1 Å². The Bertz CT molecular complexity index is 1300. The van der Waals surface area contributed by atoms with E-state index >= 15 is 0 Å². The molecule has 0 saturated carbocycles. The molecule has 4 aromatic rings. The van der Waals surface area contributed by atoms with E-state index in [0.29, 0.717) is 53.3 Å². The number of carbonyl (C=O) groups excluding carboxylic acids is 2. The number of amides is 1. The van der Waals surface area contributed by atoms with Crippen molar-refractivity contribution in [3.63, 3.8) is 0 Å². The number of ketones is 1. The van der Waals surface area contributed by atoms with Gasteiger partial charge in [0.25, 0.3) is 5.91 Å². The van der Waals surface area contributed by atoms with E-state index in [1.807, 2.05) is 6.07 Å². The summed E-state index contributed by atoms with van der Waals surface area (Å²) in [4.78, 5) is 29.8. The number of hydrogen-bond donors (Lipinski definition) is 2. The van der Waals surface area contributed by atoms with Crippen LogP contribution in [0.2, 0.25) is 10.0 Å². The molecule has 0 saturated heterocycles. The van der Waals surface area contributed by atoms with Crippen LogP contribution in [0.25, 0.3) is 21.5 Å². The van der Waals surface area contributed by atoms with Gasteiger partial charge in [0.1, 0.15) is 9.71 Å². The summed E-state index contributed by atoms with van der Waals surface area (Å²) in [7, 11) is 0. The summed E-state index contributed by atoms with van der Waals surface area (Å²) in [6.07, 6.45) is 0. The highest BCUT2D eigenvalue weighted by atomic mass is 35.5. The summed E-state index contributed by atoms with van der Waals surface area (Å²) in [6, 6.07) is 15.5. The number of halogens is 2. The highest BCUT2D eigenvalue weighted by molar-refractivity contribution is 7.21. The zero-order chi connectivity index (χ0) is 21.4. The van der Waals surface area contributed by atoms with Gasteiger partial charge in [0.05, 0.1) is 16.4 Å². The number of fused-ring (bicyclic) bond motifs is 1. The monoisotopic (exact) mass is 455 g/mol. The number of Topliss-reactive ketones (excluding diaryl/α,β-unsaturated/α-hetero) is 1. The van der Waals surface area contributed by atoms with E-state index in [2.05, 4.69) is 10.3 Å². The molecule has 2 aromatic carbocycles. The Hall–Kier alpha value is -2.93. The molecule has 0 radical (unpaired) electrons. The molecular weight excluding hydrogens is 441 g/mol. The van der Waals surface area contributed by atoms with Crippen molar-refractivity contribution in [2.24, 2.45) is 0 Å². The van der Waals surface area contributed by atoms with Gasteiger partial charge < -0.3 is 11.1 Å². The third kappa shape index (κ3) is 3.89. The number of pyridine rings is 1. The lowest BCUT2D eigenvalue weighted by Crippen LogP contribution is -2.12. The van der Waals surface area contributed by atoms with Crippen LogP contribution in [-0.4, -0.2) is 16.7 Å². The lowest BCUT2D eigenvalue weighted by Gasteiger charge is -2.05. The van der Waals surface area contributed by atoms with Crippen LogP contribution in [0.1, 0.15) is 27.0 Å². The molecule has 8 heteroatoms. The summed E-state index contributed by atoms with van der Waals surface area (Å²) < 4.78 is 0. The van der Waals surface area contributed by atoms with Crippen LogP contribution in [0, 0.1) is 0 Å². The number of nitrogen functional groups attached to an aromatic ring is 1. The molecule has 0 aliphatic carbocycles. The standard InChI is InChI=1S/C22H15Cl2N3O2S/c1-11(28)12-2-5-14(6-3-12)26-21(29)20-19(25)15-7-9-18(27-22(15)30-20)16-10-13(23)4-8-17(16)24/h2-10H,25H2,1H3,(H,26,29). The first-order chi connectivity index (χ1) is 14.3. The fraction of sp³-hybridized carbons (Fsp3) is 0.0455. The average Bonchev–Trinajstić information content (AvgIpc) is 3.06. The number of nitrogens with zero attached hydrogens (tertiary/aromatic N) is 1. The smallest absolute Gasteiger partial charge is 0.267 e. The second kappa shape index (κ2) is 8.07. The number of aromatic nitrogens is 1. The molecule has 0 bridgehead atoms. The molecule has 0 spiro atoms. The van der Waals surface area contributed by atoms with E-state index in [1.54, 1.807) is 48.5 Å². The largest absolute Gasteiger partial charge is 0.397 e. The van der Waals surface area contributed by atoms with Gasteiger partial charge in [-0.3, -0.25) is 9.59 Å². The fourth-order valence-electron chi connectivity index (χ4n) is 2.99. The second-order valence-electron chi connectivity index (χ2n) is 6.61. The van der Waals surface area contributed by atoms with E-state index in [4.69, 9.17) is 28.9 Å². The fourth-order valence-corrected chi connectivity index (χ4v) is 4.36. The third-order valence-corrected chi connectivity index (χ3v) is 6.23. The van der Waals surface area contributed by atoms with Gasteiger partial charge in [-0.15, -0.1) is 11.3 Å². The van der Waals surface area contributed by atoms with Gasteiger partial charge in [-0.1, -0.05) is 23.2 Å². The molecule has 0 unspecified atom stereocenters. The predicted molar refractivity (Wildman–Crippen MR) is 124 cm³/mol. The van der Waals surface area contributed by atoms with Gasteiger partial charge in [-0.05, 0) is 61.5 Å². The number of nitrogens with two attached hydrogens (primary N) is 1. The lowest BCUT2D eigenvalue weighted by atomic mass is 10.1. The van der Waals surface area contributed by atoms with E-state index < -0.39 is 0 Å². The Morgan fingerprint density at radius 3 is 2.47 bits per heavy atom. The first kappa shape index (κ1) is 20.3. The topological polar surface area (TPSA) is 85.1 Å². The van der Waals surface area contributed by atoms with E-state index in [9.17, 15) is 9.59 Å². The third-order valence-electron chi connectivity index (χ3n) is 4.55. The number of carbonyl (C=O) groups is 2. The van der Waals surface area contributed by atoms with Gasteiger partial charge in [0.2, 0.25) is 0 Å². The maximum absolute atomic E-state index is 12.8. The average molecular weight is 456 g/mol. The molecule has 0 aliphatic rings. The molecule has 2 heterocycles. The van der Waals surface area contributed by atoms with Crippen molar-refractivity contribution in [1.82, 2.24) is 4.98 Å². The van der Waals surface area contributed by atoms with Crippen LogP contribution in [0.15, 0.2) is 54.6 Å². The second-order valence-corrected chi connectivity index (χ2v) is 8.45. The first-order valence-corrected chi connectivity index (χ1v) is 10.5. The maximum Gasteiger partial charge on any atom is 0.267 e. The van der Waals surface area contributed by atoms with E-state index in [-0.39, 0.29) is 11.7 Å².